The number of carbonyl (C=O) groups excluding carboxylic acids is 2. The lowest BCUT2D eigenvalue weighted by Crippen LogP contribution is -1.98. The summed E-state index contributed by atoms with van der Waals surface area (Å²) in [5.41, 5.74) is 0.611. The largest absolute Gasteiger partial charge is 0.386 e. The summed E-state index contributed by atoms with van der Waals surface area (Å²) in [5, 5.41) is 0. The molecule has 1 aliphatic rings. The first-order valence-electron chi connectivity index (χ1n) is 3.66. The molecule has 0 saturated carbocycles. The highest BCUT2D eigenvalue weighted by Gasteiger charge is 2.31. The van der Waals surface area contributed by atoms with Crippen LogP contribution in [0.15, 0.2) is 12.1 Å². The lowest BCUT2D eigenvalue weighted by Gasteiger charge is -1.97. The van der Waals surface area contributed by atoms with Crippen LogP contribution in [0.5, 0.6) is 0 Å². The Morgan fingerprint density at radius 1 is 1.23 bits per heavy atom. The second-order valence-corrected chi connectivity index (χ2v) is 2.82. The van der Waals surface area contributed by atoms with Gasteiger partial charge in [-0.05, 0) is 24.6 Å². The molecule has 2 rings (SSSR count). The average Bonchev–Trinajstić information content (AvgIpc) is 2.27. The topological polar surface area (TPSA) is 43.4 Å². The minimum atomic E-state index is -0.775. The molecular weight excluding hydrogens is 175 g/mol. The first-order valence-corrected chi connectivity index (χ1v) is 3.66. The van der Waals surface area contributed by atoms with Crippen LogP contribution in [0.2, 0.25) is 0 Å². The Morgan fingerprint density at radius 3 is 2.62 bits per heavy atom. The molecule has 1 aromatic rings. The van der Waals surface area contributed by atoms with Crippen LogP contribution in [0.3, 0.4) is 0 Å². The van der Waals surface area contributed by atoms with Crippen LogP contribution in [0.1, 0.15) is 26.3 Å². The Morgan fingerprint density at radius 2 is 1.92 bits per heavy atom. The Bertz CT molecular complexity index is 423. The number of rotatable bonds is 0. The molecule has 1 aliphatic heterocycles. The maximum absolute atomic E-state index is 12.8. The number of fused-ring (bicyclic) bond motifs is 1. The fourth-order valence-electron chi connectivity index (χ4n) is 1.37. The molecule has 66 valence electrons. The molecule has 0 amide bonds. The van der Waals surface area contributed by atoms with E-state index in [9.17, 15) is 14.0 Å². The zero-order chi connectivity index (χ0) is 9.59. The first-order chi connectivity index (χ1) is 6.09. The fourth-order valence-corrected chi connectivity index (χ4v) is 1.37. The highest BCUT2D eigenvalue weighted by atomic mass is 19.1. The minimum Gasteiger partial charge on any atom is -0.386 e. The Kier molecular flexibility index (Phi) is 1.45. The fraction of sp³-hybridized carbons (Fsp3) is 0.111. The second-order valence-electron chi connectivity index (χ2n) is 2.82. The number of hydrogen-bond donors (Lipinski definition) is 0. The third kappa shape index (κ3) is 1.02. The summed E-state index contributed by atoms with van der Waals surface area (Å²) in [5.74, 6) is -2.01. The van der Waals surface area contributed by atoms with Gasteiger partial charge in [0.1, 0.15) is 5.82 Å². The van der Waals surface area contributed by atoms with Crippen LogP contribution in [0, 0.1) is 12.7 Å². The van der Waals surface area contributed by atoms with Crippen LogP contribution in [0.4, 0.5) is 4.39 Å². The molecule has 4 heteroatoms. The van der Waals surface area contributed by atoms with Gasteiger partial charge in [-0.3, -0.25) is 0 Å². The van der Waals surface area contributed by atoms with Gasteiger partial charge in [-0.25, -0.2) is 14.0 Å². The predicted octanol–water partition coefficient (Wildman–Crippen LogP) is 1.44. The van der Waals surface area contributed by atoms with Crippen molar-refractivity contribution < 1.29 is 18.7 Å². The maximum Gasteiger partial charge on any atom is 0.347 e. The molecule has 3 nitrogen and oxygen atoms in total. The summed E-state index contributed by atoms with van der Waals surface area (Å²) in [4.78, 5) is 22.0. The van der Waals surface area contributed by atoms with Gasteiger partial charge in [0.05, 0.1) is 11.1 Å². The van der Waals surface area contributed by atoms with E-state index in [1.165, 1.54) is 6.07 Å². The Hall–Kier alpha value is -1.71. The highest BCUT2D eigenvalue weighted by molar-refractivity contribution is 6.15. The molecule has 1 heterocycles. The van der Waals surface area contributed by atoms with E-state index in [1.807, 2.05) is 0 Å². The summed E-state index contributed by atoms with van der Waals surface area (Å²) < 4.78 is 17.1. The molecule has 0 fully saturated rings. The molecule has 1 aromatic carbocycles. The van der Waals surface area contributed by atoms with Crippen molar-refractivity contribution in [3.8, 4) is 0 Å². The van der Waals surface area contributed by atoms with E-state index in [4.69, 9.17) is 0 Å². The van der Waals surface area contributed by atoms with Crippen molar-refractivity contribution in [1.29, 1.82) is 0 Å². The van der Waals surface area contributed by atoms with Crippen LogP contribution in [-0.4, -0.2) is 11.9 Å². The van der Waals surface area contributed by atoms with E-state index in [-0.39, 0.29) is 11.1 Å². The molecule has 0 bridgehead atoms. The van der Waals surface area contributed by atoms with Gasteiger partial charge < -0.3 is 4.74 Å². The number of halogens is 1. The van der Waals surface area contributed by atoms with Gasteiger partial charge in [-0.2, -0.15) is 0 Å². The molecule has 0 N–H and O–H groups in total. The Labute approximate surface area is 73.1 Å². The van der Waals surface area contributed by atoms with E-state index in [0.29, 0.717) is 5.56 Å². The molecule has 0 aromatic heterocycles. The van der Waals surface area contributed by atoms with E-state index in [0.717, 1.165) is 6.07 Å². The number of carbonyl (C=O) groups is 2. The lowest BCUT2D eigenvalue weighted by atomic mass is 10.0. The number of hydrogen-bond acceptors (Lipinski definition) is 3. The van der Waals surface area contributed by atoms with Crippen LogP contribution < -0.4 is 0 Å². The first kappa shape index (κ1) is 7.91. The SMILES string of the molecule is Cc1cc(F)cc2c1C(=O)OC2=O. The standard InChI is InChI=1S/C9H5FO3/c1-4-2-5(10)3-6-7(4)9(12)13-8(6)11/h2-3H,1H3. The number of esters is 2. The van der Waals surface area contributed by atoms with Gasteiger partial charge in [-0.15, -0.1) is 0 Å². The van der Waals surface area contributed by atoms with Crippen molar-refractivity contribution in [3.63, 3.8) is 0 Å². The number of benzene rings is 1. The molecule has 0 radical (unpaired) electrons. The zero-order valence-corrected chi connectivity index (χ0v) is 6.76. The predicted molar refractivity (Wildman–Crippen MR) is 40.9 cm³/mol. The second kappa shape index (κ2) is 2.39. The van der Waals surface area contributed by atoms with Crippen LogP contribution >= 0.6 is 0 Å². The Balaban J connectivity index is 2.77. The summed E-state index contributed by atoms with van der Waals surface area (Å²) in [6.45, 7) is 1.56. The van der Waals surface area contributed by atoms with Crippen LogP contribution in [-0.2, 0) is 4.74 Å². The third-order valence-electron chi connectivity index (χ3n) is 1.91. The van der Waals surface area contributed by atoms with E-state index in [2.05, 4.69) is 4.74 Å². The quantitative estimate of drug-likeness (QED) is 0.448. The molecule has 13 heavy (non-hydrogen) atoms. The maximum atomic E-state index is 12.8. The van der Waals surface area contributed by atoms with Crippen molar-refractivity contribution in [3.05, 3.63) is 34.6 Å². The van der Waals surface area contributed by atoms with Crippen molar-refractivity contribution >= 4 is 11.9 Å². The van der Waals surface area contributed by atoms with Gasteiger partial charge in [0.15, 0.2) is 0 Å². The molecule has 0 unspecified atom stereocenters. The van der Waals surface area contributed by atoms with Gasteiger partial charge in [-0.1, -0.05) is 0 Å². The number of ether oxygens (including phenoxy) is 1. The van der Waals surface area contributed by atoms with E-state index in [1.54, 1.807) is 6.92 Å². The zero-order valence-electron chi connectivity index (χ0n) is 6.76. The van der Waals surface area contributed by atoms with Crippen molar-refractivity contribution in [2.24, 2.45) is 0 Å². The van der Waals surface area contributed by atoms with Crippen molar-refractivity contribution in [2.75, 3.05) is 0 Å². The van der Waals surface area contributed by atoms with Gasteiger partial charge in [0, 0.05) is 0 Å². The molecular formula is C9H5FO3. The minimum absolute atomic E-state index is 0.0162. The summed E-state index contributed by atoms with van der Waals surface area (Å²) in [6, 6.07) is 2.20. The average molecular weight is 180 g/mol. The third-order valence-corrected chi connectivity index (χ3v) is 1.91. The van der Waals surface area contributed by atoms with Crippen molar-refractivity contribution in [1.82, 2.24) is 0 Å². The summed E-state index contributed by atoms with van der Waals surface area (Å²) >= 11 is 0. The smallest absolute Gasteiger partial charge is 0.347 e. The number of aryl methyl sites for hydroxylation is 1. The van der Waals surface area contributed by atoms with Crippen molar-refractivity contribution in [2.45, 2.75) is 6.92 Å². The lowest BCUT2D eigenvalue weighted by molar-refractivity contribution is 0.0443. The molecule has 0 saturated heterocycles. The van der Waals surface area contributed by atoms with Gasteiger partial charge >= 0.3 is 11.9 Å². The van der Waals surface area contributed by atoms with Crippen LogP contribution in [0.25, 0.3) is 0 Å². The monoisotopic (exact) mass is 180 g/mol. The summed E-state index contributed by atoms with van der Waals surface area (Å²) in [6.07, 6.45) is 0. The molecule has 0 aliphatic carbocycles. The highest BCUT2D eigenvalue weighted by Crippen LogP contribution is 2.24. The number of cyclic esters (lactones) is 2. The van der Waals surface area contributed by atoms with Gasteiger partial charge in [0.25, 0.3) is 0 Å². The summed E-state index contributed by atoms with van der Waals surface area (Å²) in [7, 11) is 0. The molecule has 0 spiro atoms. The normalized spacial score (nSPS) is 14.3. The van der Waals surface area contributed by atoms with Gasteiger partial charge in [0.2, 0.25) is 0 Å². The van der Waals surface area contributed by atoms with E-state index >= 15 is 0 Å². The molecule has 0 atom stereocenters. The van der Waals surface area contributed by atoms with E-state index < -0.39 is 17.8 Å².